The standard InChI is InChI=1S/C8H17NOS/c1-5-11-7(3)8(10)6(2)9-4/h6,9-10H,5H2,1-4H3/b8-7-/t6-/m1/s1. The number of thioether (sulfide) groups is 1. The van der Waals surface area contributed by atoms with Crippen LogP contribution in [-0.2, 0) is 0 Å². The molecule has 2 N–H and O–H groups in total. The zero-order valence-corrected chi connectivity index (χ0v) is 8.46. The molecule has 66 valence electrons. The number of likely N-dealkylation sites (N-methyl/N-ethyl adjacent to an activating group) is 1. The van der Waals surface area contributed by atoms with Crippen LogP contribution < -0.4 is 5.32 Å². The summed E-state index contributed by atoms with van der Waals surface area (Å²) in [7, 11) is 1.84. The normalized spacial score (nSPS) is 16.0. The number of rotatable bonds is 4. The quantitative estimate of drug-likeness (QED) is 0.642. The van der Waals surface area contributed by atoms with Crippen LogP contribution in [0.5, 0.6) is 0 Å². The zero-order chi connectivity index (χ0) is 8.85. The molecule has 0 aliphatic heterocycles. The van der Waals surface area contributed by atoms with Crippen LogP contribution in [-0.4, -0.2) is 23.9 Å². The largest absolute Gasteiger partial charge is 0.510 e. The van der Waals surface area contributed by atoms with Crippen molar-refractivity contribution in [1.29, 1.82) is 0 Å². The summed E-state index contributed by atoms with van der Waals surface area (Å²) in [5.41, 5.74) is 0. The van der Waals surface area contributed by atoms with E-state index in [0.29, 0.717) is 5.76 Å². The van der Waals surface area contributed by atoms with Crippen molar-refractivity contribution < 1.29 is 5.11 Å². The van der Waals surface area contributed by atoms with Crippen molar-refractivity contribution in [3.8, 4) is 0 Å². The van der Waals surface area contributed by atoms with Gasteiger partial charge in [-0.3, -0.25) is 0 Å². The molecule has 0 heterocycles. The maximum atomic E-state index is 9.51. The third-order valence-corrected chi connectivity index (χ3v) is 2.50. The topological polar surface area (TPSA) is 32.3 Å². The highest BCUT2D eigenvalue weighted by Crippen LogP contribution is 2.18. The van der Waals surface area contributed by atoms with Gasteiger partial charge in [0, 0.05) is 4.91 Å². The Bertz CT molecular complexity index is 145. The lowest BCUT2D eigenvalue weighted by atomic mass is 10.3. The molecule has 1 atom stereocenters. The van der Waals surface area contributed by atoms with Crippen LogP contribution in [0, 0.1) is 0 Å². The number of hydrogen-bond donors (Lipinski definition) is 2. The van der Waals surface area contributed by atoms with Crippen LogP contribution in [0.25, 0.3) is 0 Å². The number of allylic oxidation sites excluding steroid dienone is 1. The van der Waals surface area contributed by atoms with Gasteiger partial charge in [-0.25, -0.2) is 0 Å². The van der Waals surface area contributed by atoms with Gasteiger partial charge in [0.1, 0.15) is 5.76 Å². The van der Waals surface area contributed by atoms with Crippen molar-refractivity contribution in [3.63, 3.8) is 0 Å². The van der Waals surface area contributed by atoms with Gasteiger partial charge in [0.25, 0.3) is 0 Å². The molecule has 0 rings (SSSR count). The zero-order valence-electron chi connectivity index (χ0n) is 7.64. The Balaban J connectivity index is 4.13. The third kappa shape index (κ3) is 3.68. The van der Waals surface area contributed by atoms with E-state index in [-0.39, 0.29) is 6.04 Å². The molecule has 0 spiro atoms. The first-order valence-corrected chi connectivity index (χ1v) is 4.81. The van der Waals surface area contributed by atoms with Gasteiger partial charge < -0.3 is 10.4 Å². The lowest BCUT2D eigenvalue weighted by molar-refractivity contribution is 0.354. The summed E-state index contributed by atoms with van der Waals surface area (Å²) >= 11 is 1.67. The fourth-order valence-corrected chi connectivity index (χ4v) is 1.49. The van der Waals surface area contributed by atoms with Crippen molar-refractivity contribution in [2.45, 2.75) is 26.8 Å². The van der Waals surface area contributed by atoms with Crippen LogP contribution >= 0.6 is 11.8 Å². The molecule has 0 unspecified atom stereocenters. The fourth-order valence-electron chi connectivity index (χ4n) is 0.732. The van der Waals surface area contributed by atoms with Crippen LogP contribution in [0.15, 0.2) is 10.7 Å². The summed E-state index contributed by atoms with van der Waals surface area (Å²) in [6.45, 7) is 5.96. The molecule has 0 saturated carbocycles. The van der Waals surface area contributed by atoms with Crippen molar-refractivity contribution in [3.05, 3.63) is 10.7 Å². The van der Waals surface area contributed by atoms with Gasteiger partial charge >= 0.3 is 0 Å². The average molecular weight is 175 g/mol. The minimum atomic E-state index is 0.0639. The first-order valence-electron chi connectivity index (χ1n) is 3.83. The molecule has 0 aliphatic carbocycles. The van der Waals surface area contributed by atoms with Gasteiger partial charge in [0.05, 0.1) is 6.04 Å². The van der Waals surface area contributed by atoms with E-state index in [9.17, 15) is 5.11 Å². The molecule has 2 nitrogen and oxygen atoms in total. The van der Waals surface area contributed by atoms with E-state index in [1.54, 1.807) is 11.8 Å². The molecular weight excluding hydrogens is 158 g/mol. The first-order chi connectivity index (χ1) is 5.13. The third-order valence-electron chi connectivity index (χ3n) is 1.56. The SMILES string of the molecule is CCS/C(C)=C(\O)[C@@H](C)NC. The second-order valence-electron chi connectivity index (χ2n) is 2.38. The smallest absolute Gasteiger partial charge is 0.118 e. The van der Waals surface area contributed by atoms with Crippen molar-refractivity contribution >= 4 is 11.8 Å². The van der Waals surface area contributed by atoms with Crippen molar-refractivity contribution in [2.24, 2.45) is 0 Å². The number of nitrogens with one attached hydrogen (secondary N) is 1. The second kappa shape index (κ2) is 5.49. The Kier molecular flexibility index (Phi) is 5.42. The molecule has 0 aromatic rings. The summed E-state index contributed by atoms with van der Waals surface area (Å²) in [4.78, 5) is 1.01. The highest BCUT2D eigenvalue weighted by atomic mass is 32.2. The van der Waals surface area contributed by atoms with Crippen LogP contribution in [0.3, 0.4) is 0 Å². The first kappa shape index (κ1) is 10.8. The predicted octanol–water partition coefficient (Wildman–Crippen LogP) is 2.14. The molecule has 11 heavy (non-hydrogen) atoms. The van der Waals surface area contributed by atoms with E-state index in [4.69, 9.17) is 0 Å². The van der Waals surface area contributed by atoms with Gasteiger partial charge in [0.2, 0.25) is 0 Å². The van der Waals surface area contributed by atoms with Crippen molar-refractivity contribution in [2.75, 3.05) is 12.8 Å². The van der Waals surface area contributed by atoms with Gasteiger partial charge in [-0.15, -0.1) is 11.8 Å². The maximum absolute atomic E-state index is 9.51. The summed E-state index contributed by atoms with van der Waals surface area (Å²) in [5.74, 6) is 1.46. The molecular formula is C8H17NOS. The Morgan fingerprint density at radius 1 is 1.64 bits per heavy atom. The fraction of sp³-hybridized carbons (Fsp3) is 0.750. The van der Waals surface area contributed by atoms with Crippen LogP contribution in [0.4, 0.5) is 0 Å². The Morgan fingerprint density at radius 3 is 2.55 bits per heavy atom. The minimum Gasteiger partial charge on any atom is -0.510 e. The van der Waals surface area contributed by atoms with Crippen LogP contribution in [0.1, 0.15) is 20.8 Å². The molecule has 3 heteroatoms. The van der Waals surface area contributed by atoms with E-state index < -0.39 is 0 Å². The molecule has 0 aliphatic rings. The highest BCUT2D eigenvalue weighted by molar-refractivity contribution is 8.03. The maximum Gasteiger partial charge on any atom is 0.118 e. The Labute approximate surface area is 73.1 Å². The molecule has 0 aromatic heterocycles. The molecule has 0 saturated heterocycles. The lowest BCUT2D eigenvalue weighted by Gasteiger charge is -2.11. The molecule has 0 radical (unpaired) electrons. The predicted molar refractivity (Wildman–Crippen MR) is 52.0 cm³/mol. The van der Waals surface area contributed by atoms with E-state index >= 15 is 0 Å². The molecule has 0 amide bonds. The van der Waals surface area contributed by atoms with Gasteiger partial charge in [-0.1, -0.05) is 6.92 Å². The molecule has 0 aromatic carbocycles. The Hall–Kier alpha value is -0.150. The van der Waals surface area contributed by atoms with E-state index in [1.807, 2.05) is 20.9 Å². The lowest BCUT2D eigenvalue weighted by Crippen LogP contribution is -2.24. The second-order valence-corrected chi connectivity index (χ2v) is 3.86. The molecule has 0 bridgehead atoms. The molecule has 0 fully saturated rings. The number of aliphatic hydroxyl groups is 1. The average Bonchev–Trinajstić information content (AvgIpc) is 2.02. The summed E-state index contributed by atoms with van der Waals surface area (Å²) in [6, 6.07) is 0.0639. The van der Waals surface area contributed by atoms with Gasteiger partial charge in [-0.05, 0) is 26.6 Å². The van der Waals surface area contributed by atoms with Gasteiger partial charge in [0.15, 0.2) is 0 Å². The van der Waals surface area contributed by atoms with Crippen LogP contribution in [0.2, 0.25) is 0 Å². The summed E-state index contributed by atoms with van der Waals surface area (Å²) in [5, 5.41) is 12.5. The minimum absolute atomic E-state index is 0.0639. The highest BCUT2D eigenvalue weighted by Gasteiger charge is 2.07. The summed E-state index contributed by atoms with van der Waals surface area (Å²) in [6.07, 6.45) is 0. The Morgan fingerprint density at radius 2 is 2.18 bits per heavy atom. The van der Waals surface area contributed by atoms with E-state index in [0.717, 1.165) is 10.7 Å². The van der Waals surface area contributed by atoms with E-state index in [2.05, 4.69) is 12.2 Å². The van der Waals surface area contributed by atoms with Crippen molar-refractivity contribution in [1.82, 2.24) is 5.32 Å². The summed E-state index contributed by atoms with van der Waals surface area (Å²) < 4.78 is 0. The number of hydrogen-bond acceptors (Lipinski definition) is 3. The monoisotopic (exact) mass is 175 g/mol. The van der Waals surface area contributed by atoms with Gasteiger partial charge in [-0.2, -0.15) is 0 Å². The van der Waals surface area contributed by atoms with E-state index in [1.165, 1.54) is 0 Å². The number of aliphatic hydroxyl groups excluding tert-OH is 1.